The zero-order valence-electron chi connectivity index (χ0n) is 16.8. The highest BCUT2D eigenvalue weighted by atomic mass is 35.5. The summed E-state index contributed by atoms with van der Waals surface area (Å²) in [5.74, 6) is -0.743. The number of nitrogens with zero attached hydrogens (tertiary/aromatic N) is 5. The molecule has 0 aliphatic carbocycles. The molecule has 1 aliphatic heterocycles. The lowest BCUT2D eigenvalue weighted by Crippen LogP contribution is -2.49. The average molecular weight is 478 g/mol. The number of aromatic nitrogens is 4. The summed E-state index contributed by atoms with van der Waals surface area (Å²) in [6.07, 6.45) is -2.31. The van der Waals surface area contributed by atoms with Crippen LogP contribution in [-0.4, -0.2) is 48.6 Å². The van der Waals surface area contributed by atoms with Crippen LogP contribution in [0.5, 0.6) is 0 Å². The average Bonchev–Trinajstić information content (AvgIpc) is 3.37. The van der Waals surface area contributed by atoms with Crippen molar-refractivity contribution in [2.45, 2.75) is 12.7 Å². The van der Waals surface area contributed by atoms with Gasteiger partial charge in [-0.2, -0.15) is 18.2 Å². The predicted octanol–water partition coefficient (Wildman–Crippen LogP) is 4.24. The van der Waals surface area contributed by atoms with Crippen molar-refractivity contribution in [3.8, 4) is 23.0 Å². The number of halogens is 4. The van der Waals surface area contributed by atoms with Crippen molar-refractivity contribution in [3.63, 3.8) is 0 Å². The molecule has 0 unspecified atom stereocenters. The molecule has 170 valence electrons. The van der Waals surface area contributed by atoms with E-state index in [0.717, 1.165) is 17.8 Å². The number of imidazole rings is 1. The molecule has 0 amide bonds. The van der Waals surface area contributed by atoms with Gasteiger partial charge in [-0.3, -0.25) is 9.69 Å². The fraction of sp³-hybridized carbons (Fsp3) is 0.238. The predicted molar refractivity (Wildman–Crippen MR) is 110 cm³/mol. The van der Waals surface area contributed by atoms with Crippen LogP contribution in [0.15, 0.2) is 47.2 Å². The molecule has 33 heavy (non-hydrogen) atoms. The van der Waals surface area contributed by atoms with Crippen molar-refractivity contribution in [2.24, 2.45) is 5.92 Å². The standard InChI is InChI=1S/C21H15ClF3N5O3/c22-15-5-14(21(23,24)25)9-30-10-16(26-18(15)30)19-27-17(28-33-19)12-3-1-11(2-4-12)6-29-7-13(8-29)20(31)32/h1-5,9-10,13H,6-8H2,(H,31,32). The van der Waals surface area contributed by atoms with Crippen LogP contribution in [0.2, 0.25) is 5.02 Å². The van der Waals surface area contributed by atoms with Crippen LogP contribution < -0.4 is 0 Å². The molecule has 4 heterocycles. The molecule has 1 N–H and O–H groups in total. The second kappa shape index (κ2) is 7.85. The highest BCUT2D eigenvalue weighted by Gasteiger charge is 2.33. The number of rotatable bonds is 5. The number of likely N-dealkylation sites (tertiary alicyclic amines) is 1. The van der Waals surface area contributed by atoms with Crippen LogP contribution in [0, 0.1) is 5.92 Å². The first-order valence-electron chi connectivity index (χ1n) is 9.81. The summed E-state index contributed by atoms with van der Waals surface area (Å²) in [4.78, 5) is 21.5. The first kappa shape index (κ1) is 21.4. The van der Waals surface area contributed by atoms with Gasteiger partial charge in [0.25, 0.3) is 5.89 Å². The summed E-state index contributed by atoms with van der Waals surface area (Å²) in [7, 11) is 0. The smallest absolute Gasteiger partial charge is 0.417 e. The monoisotopic (exact) mass is 477 g/mol. The molecule has 0 radical (unpaired) electrons. The van der Waals surface area contributed by atoms with E-state index in [2.05, 4.69) is 15.1 Å². The van der Waals surface area contributed by atoms with E-state index in [0.29, 0.717) is 31.0 Å². The number of alkyl halides is 3. The molecular formula is C21H15ClF3N5O3. The largest absolute Gasteiger partial charge is 0.481 e. The Labute approximate surface area is 189 Å². The van der Waals surface area contributed by atoms with Gasteiger partial charge >= 0.3 is 12.1 Å². The lowest BCUT2D eigenvalue weighted by molar-refractivity contribution is -0.147. The Bertz CT molecular complexity index is 1340. The van der Waals surface area contributed by atoms with E-state index >= 15 is 0 Å². The van der Waals surface area contributed by atoms with Crippen molar-refractivity contribution >= 4 is 23.2 Å². The third kappa shape index (κ3) is 4.16. The molecule has 0 atom stereocenters. The van der Waals surface area contributed by atoms with Gasteiger partial charge in [-0.05, 0) is 11.6 Å². The minimum Gasteiger partial charge on any atom is -0.481 e. The summed E-state index contributed by atoms with van der Waals surface area (Å²) in [5.41, 5.74) is 1.13. The number of aliphatic carboxylic acids is 1. The summed E-state index contributed by atoms with van der Waals surface area (Å²) < 4.78 is 45.5. The molecule has 4 aromatic rings. The fourth-order valence-corrected chi connectivity index (χ4v) is 3.89. The minimum atomic E-state index is -4.54. The molecule has 1 fully saturated rings. The zero-order valence-corrected chi connectivity index (χ0v) is 17.5. The van der Waals surface area contributed by atoms with E-state index in [4.69, 9.17) is 21.2 Å². The number of fused-ring (bicyclic) bond motifs is 1. The molecule has 3 aromatic heterocycles. The minimum absolute atomic E-state index is 0.0442. The van der Waals surface area contributed by atoms with Gasteiger partial charge in [0.05, 0.1) is 16.5 Å². The third-order valence-corrected chi connectivity index (χ3v) is 5.68. The molecule has 0 saturated carbocycles. The molecule has 1 aromatic carbocycles. The lowest BCUT2D eigenvalue weighted by Gasteiger charge is -2.36. The van der Waals surface area contributed by atoms with Crippen LogP contribution in [0.1, 0.15) is 11.1 Å². The SMILES string of the molecule is O=C(O)C1CN(Cc2ccc(-c3noc(-c4cn5cc(C(F)(F)F)cc(Cl)c5n4)n3)cc2)C1. The maximum Gasteiger partial charge on any atom is 0.417 e. The second-order valence-electron chi connectivity index (χ2n) is 7.78. The number of carboxylic acid groups (broad SMARTS) is 1. The van der Waals surface area contributed by atoms with Gasteiger partial charge in [0.2, 0.25) is 5.82 Å². The van der Waals surface area contributed by atoms with Gasteiger partial charge in [0, 0.05) is 37.6 Å². The Balaban J connectivity index is 1.33. The molecule has 1 aliphatic rings. The first-order chi connectivity index (χ1) is 15.7. The Hall–Kier alpha value is -3.44. The molecule has 0 spiro atoms. The third-order valence-electron chi connectivity index (χ3n) is 5.40. The number of carboxylic acids is 1. The maximum atomic E-state index is 13.0. The van der Waals surface area contributed by atoms with E-state index < -0.39 is 17.7 Å². The highest BCUT2D eigenvalue weighted by molar-refractivity contribution is 6.33. The Morgan fingerprint density at radius 1 is 1.18 bits per heavy atom. The number of hydrogen-bond donors (Lipinski definition) is 1. The van der Waals surface area contributed by atoms with Crippen LogP contribution in [0.25, 0.3) is 28.6 Å². The molecular weight excluding hydrogens is 463 g/mol. The normalized spacial score (nSPS) is 15.2. The van der Waals surface area contributed by atoms with Crippen LogP contribution >= 0.6 is 11.6 Å². The van der Waals surface area contributed by atoms with Crippen LogP contribution in [0.3, 0.4) is 0 Å². The Morgan fingerprint density at radius 3 is 2.58 bits per heavy atom. The second-order valence-corrected chi connectivity index (χ2v) is 8.19. The Kier molecular flexibility index (Phi) is 5.09. The van der Waals surface area contributed by atoms with E-state index in [-0.39, 0.29) is 28.2 Å². The first-order valence-corrected chi connectivity index (χ1v) is 10.2. The number of hydrogen-bond acceptors (Lipinski definition) is 6. The van der Waals surface area contributed by atoms with Crippen molar-refractivity contribution in [3.05, 3.63) is 58.9 Å². The molecule has 5 rings (SSSR count). The van der Waals surface area contributed by atoms with Crippen molar-refractivity contribution < 1.29 is 27.6 Å². The van der Waals surface area contributed by atoms with Crippen molar-refractivity contribution in [2.75, 3.05) is 13.1 Å². The Morgan fingerprint density at radius 2 is 1.91 bits per heavy atom. The zero-order chi connectivity index (χ0) is 23.3. The summed E-state index contributed by atoms with van der Waals surface area (Å²) >= 11 is 5.98. The van der Waals surface area contributed by atoms with E-state index in [1.54, 1.807) is 0 Å². The van der Waals surface area contributed by atoms with Crippen LogP contribution in [0.4, 0.5) is 13.2 Å². The topological polar surface area (TPSA) is 96.8 Å². The summed E-state index contributed by atoms with van der Waals surface area (Å²) in [6, 6.07) is 8.23. The molecule has 1 saturated heterocycles. The molecule has 12 heteroatoms. The fourth-order valence-electron chi connectivity index (χ4n) is 3.63. The van der Waals surface area contributed by atoms with E-state index in [9.17, 15) is 18.0 Å². The maximum absolute atomic E-state index is 13.0. The number of pyridine rings is 1. The van der Waals surface area contributed by atoms with Gasteiger partial charge in [-0.1, -0.05) is 41.0 Å². The quantitative estimate of drug-likeness (QED) is 0.459. The van der Waals surface area contributed by atoms with Crippen molar-refractivity contribution in [1.29, 1.82) is 0 Å². The highest BCUT2D eigenvalue weighted by Crippen LogP contribution is 2.33. The van der Waals surface area contributed by atoms with E-state index in [1.807, 2.05) is 29.2 Å². The summed E-state index contributed by atoms with van der Waals surface area (Å²) in [5, 5.41) is 12.7. The van der Waals surface area contributed by atoms with Gasteiger partial charge < -0.3 is 14.0 Å². The van der Waals surface area contributed by atoms with Gasteiger partial charge in [0.15, 0.2) is 5.65 Å². The number of carbonyl (C=O) groups is 1. The molecule has 8 nitrogen and oxygen atoms in total. The van der Waals surface area contributed by atoms with E-state index in [1.165, 1.54) is 10.6 Å². The van der Waals surface area contributed by atoms with Crippen molar-refractivity contribution in [1.82, 2.24) is 24.4 Å². The van der Waals surface area contributed by atoms with Gasteiger partial charge in [0.1, 0.15) is 5.69 Å². The van der Waals surface area contributed by atoms with Gasteiger partial charge in [-0.15, -0.1) is 0 Å². The van der Waals surface area contributed by atoms with Crippen LogP contribution in [-0.2, 0) is 17.5 Å². The number of benzene rings is 1. The molecule has 0 bridgehead atoms. The summed E-state index contributed by atoms with van der Waals surface area (Å²) in [6.45, 7) is 1.70. The van der Waals surface area contributed by atoms with Gasteiger partial charge in [-0.25, -0.2) is 4.98 Å². The lowest BCUT2D eigenvalue weighted by atomic mass is 9.99.